The van der Waals surface area contributed by atoms with E-state index < -0.39 is 15.1 Å². The maximum Gasteiger partial charge on any atom is 0.155 e. The van der Waals surface area contributed by atoms with Crippen LogP contribution in [0, 0.1) is 0 Å². The van der Waals surface area contributed by atoms with Crippen LogP contribution in [0.1, 0.15) is 24.2 Å². The molecule has 0 N–H and O–H groups in total. The number of ether oxygens (including phenoxy) is 1. The Balaban J connectivity index is 2.62. The summed E-state index contributed by atoms with van der Waals surface area (Å²) in [7, 11) is -3.09. The zero-order valence-electron chi connectivity index (χ0n) is 10.2. The van der Waals surface area contributed by atoms with E-state index in [0.717, 1.165) is 6.29 Å². The van der Waals surface area contributed by atoms with E-state index in [1.807, 2.05) is 0 Å². The van der Waals surface area contributed by atoms with Crippen molar-refractivity contribution in [1.82, 2.24) is 0 Å². The number of benzene rings is 1. The van der Waals surface area contributed by atoms with Crippen molar-refractivity contribution in [1.29, 1.82) is 0 Å². The van der Waals surface area contributed by atoms with Crippen LogP contribution in [0.3, 0.4) is 0 Å². The number of sulfone groups is 1. The molecule has 0 bridgehead atoms. The monoisotopic (exact) mass is 334 g/mol. The molecule has 6 heteroatoms. The Hall–Kier alpha value is -0.880. The second kappa shape index (κ2) is 6.33. The van der Waals surface area contributed by atoms with Gasteiger partial charge in [0.15, 0.2) is 9.84 Å². The summed E-state index contributed by atoms with van der Waals surface area (Å²) in [6.07, 6.45) is 0.734. The molecule has 0 aromatic heterocycles. The Morgan fingerprint density at radius 1 is 1.39 bits per heavy atom. The van der Waals surface area contributed by atoms with Gasteiger partial charge in [0.2, 0.25) is 0 Å². The first kappa shape index (κ1) is 15.2. The van der Waals surface area contributed by atoms with Gasteiger partial charge >= 0.3 is 0 Å². The predicted octanol–water partition coefficient (Wildman–Crippen LogP) is 2.46. The zero-order valence-corrected chi connectivity index (χ0v) is 12.6. The van der Waals surface area contributed by atoms with E-state index in [1.165, 1.54) is 0 Å². The van der Waals surface area contributed by atoms with Gasteiger partial charge in [0, 0.05) is 5.56 Å². The van der Waals surface area contributed by atoms with Crippen molar-refractivity contribution >= 4 is 32.1 Å². The number of rotatable bonds is 6. The minimum absolute atomic E-state index is 0.0213. The smallest absolute Gasteiger partial charge is 0.155 e. The topological polar surface area (TPSA) is 60.4 Å². The van der Waals surface area contributed by atoms with Crippen LogP contribution in [0.25, 0.3) is 0 Å². The van der Waals surface area contributed by atoms with Gasteiger partial charge in [-0.05, 0) is 48.0 Å². The summed E-state index contributed by atoms with van der Waals surface area (Å²) < 4.78 is 29.1. The molecule has 0 radical (unpaired) electrons. The molecule has 1 aromatic carbocycles. The van der Waals surface area contributed by atoms with E-state index in [2.05, 4.69) is 15.9 Å². The normalized spacial score (nSPS) is 11.6. The fraction of sp³-hybridized carbons (Fsp3) is 0.417. The van der Waals surface area contributed by atoms with Gasteiger partial charge in [-0.15, -0.1) is 0 Å². The Bertz CT molecular complexity index is 523. The molecule has 1 aromatic rings. The second-order valence-corrected chi connectivity index (χ2v) is 7.60. The van der Waals surface area contributed by atoms with Crippen LogP contribution in [0.4, 0.5) is 0 Å². The van der Waals surface area contributed by atoms with Crippen molar-refractivity contribution in [3.05, 3.63) is 28.2 Å². The standard InChI is InChI=1S/C12H15BrO4S/c1-9(2)18(15,16)6-5-17-12-4-3-10(8-14)7-11(12)13/h3-4,7-9H,5-6H2,1-2H3. The average molecular weight is 335 g/mol. The molecule has 0 unspecified atom stereocenters. The summed E-state index contributed by atoms with van der Waals surface area (Å²) in [5, 5.41) is -0.401. The molecular formula is C12H15BrO4S. The molecule has 0 spiro atoms. The van der Waals surface area contributed by atoms with E-state index in [9.17, 15) is 13.2 Å². The molecule has 0 aliphatic heterocycles. The molecule has 0 fully saturated rings. The summed E-state index contributed by atoms with van der Waals surface area (Å²) in [5.74, 6) is 0.506. The van der Waals surface area contributed by atoms with Crippen molar-refractivity contribution < 1.29 is 17.9 Å². The largest absolute Gasteiger partial charge is 0.491 e. The van der Waals surface area contributed by atoms with Crippen molar-refractivity contribution in [2.24, 2.45) is 0 Å². The van der Waals surface area contributed by atoms with E-state index in [0.29, 0.717) is 15.8 Å². The van der Waals surface area contributed by atoms with E-state index in [-0.39, 0.29) is 12.4 Å². The van der Waals surface area contributed by atoms with E-state index in [1.54, 1.807) is 32.0 Å². The third-order valence-electron chi connectivity index (χ3n) is 2.44. The number of hydrogen-bond donors (Lipinski definition) is 0. The molecule has 0 aliphatic rings. The lowest BCUT2D eigenvalue weighted by atomic mass is 10.2. The Morgan fingerprint density at radius 3 is 2.56 bits per heavy atom. The molecule has 4 nitrogen and oxygen atoms in total. The molecule has 0 heterocycles. The van der Waals surface area contributed by atoms with Gasteiger partial charge in [-0.25, -0.2) is 8.42 Å². The summed E-state index contributed by atoms with van der Waals surface area (Å²) in [4.78, 5) is 10.5. The van der Waals surface area contributed by atoms with Gasteiger partial charge in [-0.1, -0.05) is 0 Å². The van der Waals surface area contributed by atoms with Crippen molar-refractivity contribution in [2.75, 3.05) is 12.4 Å². The molecule has 0 amide bonds. The second-order valence-electron chi connectivity index (χ2n) is 4.07. The van der Waals surface area contributed by atoms with Crippen LogP contribution >= 0.6 is 15.9 Å². The highest BCUT2D eigenvalue weighted by Crippen LogP contribution is 2.25. The first-order valence-corrected chi connectivity index (χ1v) is 7.97. The summed E-state index contributed by atoms with van der Waals surface area (Å²) in [5.41, 5.74) is 0.532. The van der Waals surface area contributed by atoms with Crippen molar-refractivity contribution in [2.45, 2.75) is 19.1 Å². The molecule has 18 heavy (non-hydrogen) atoms. The number of hydrogen-bond acceptors (Lipinski definition) is 4. The lowest BCUT2D eigenvalue weighted by Gasteiger charge is -2.10. The highest BCUT2D eigenvalue weighted by Gasteiger charge is 2.16. The van der Waals surface area contributed by atoms with Gasteiger partial charge in [-0.3, -0.25) is 4.79 Å². The zero-order chi connectivity index (χ0) is 13.8. The third kappa shape index (κ3) is 4.10. The van der Waals surface area contributed by atoms with Crippen LogP contribution in [-0.2, 0) is 9.84 Å². The van der Waals surface area contributed by atoms with Gasteiger partial charge < -0.3 is 4.74 Å². The van der Waals surface area contributed by atoms with Crippen LogP contribution in [0.2, 0.25) is 0 Å². The number of halogens is 1. The predicted molar refractivity (Wildman–Crippen MR) is 73.9 cm³/mol. The van der Waals surface area contributed by atoms with Gasteiger partial charge in [0.25, 0.3) is 0 Å². The number of carbonyl (C=O) groups is 1. The molecule has 0 saturated heterocycles. The first-order valence-electron chi connectivity index (χ1n) is 5.46. The molecular weight excluding hydrogens is 320 g/mol. The first-order chi connectivity index (χ1) is 8.36. The Kier molecular flexibility index (Phi) is 5.34. The maximum absolute atomic E-state index is 11.6. The lowest BCUT2D eigenvalue weighted by Crippen LogP contribution is -2.22. The maximum atomic E-state index is 11.6. The van der Waals surface area contributed by atoms with Crippen LogP contribution < -0.4 is 4.74 Å². The molecule has 1 rings (SSSR count). The van der Waals surface area contributed by atoms with Crippen molar-refractivity contribution in [3.8, 4) is 5.75 Å². The molecule has 100 valence electrons. The quantitative estimate of drug-likeness (QED) is 0.750. The third-order valence-corrected chi connectivity index (χ3v) is 5.23. The summed E-state index contributed by atoms with van der Waals surface area (Å²) >= 11 is 3.26. The molecule has 0 atom stereocenters. The highest BCUT2D eigenvalue weighted by atomic mass is 79.9. The summed E-state index contributed by atoms with van der Waals surface area (Å²) in [6, 6.07) is 4.87. The van der Waals surface area contributed by atoms with Crippen LogP contribution in [-0.4, -0.2) is 32.3 Å². The summed E-state index contributed by atoms with van der Waals surface area (Å²) in [6.45, 7) is 3.38. The molecule has 0 aliphatic carbocycles. The number of aldehydes is 1. The fourth-order valence-electron chi connectivity index (χ4n) is 1.21. The fourth-order valence-corrected chi connectivity index (χ4v) is 2.51. The minimum Gasteiger partial charge on any atom is -0.491 e. The molecule has 0 saturated carbocycles. The van der Waals surface area contributed by atoms with Crippen LogP contribution in [0.5, 0.6) is 5.75 Å². The van der Waals surface area contributed by atoms with Crippen molar-refractivity contribution in [3.63, 3.8) is 0 Å². The minimum atomic E-state index is -3.09. The van der Waals surface area contributed by atoms with Gasteiger partial charge in [0.05, 0.1) is 15.5 Å². The Morgan fingerprint density at radius 2 is 2.06 bits per heavy atom. The van der Waals surface area contributed by atoms with Gasteiger partial charge in [-0.2, -0.15) is 0 Å². The SMILES string of the molecule is CC(C)S(=O)(=O)CCOc1ccc(C=O)cc1Br. The van der Waals surface area contributed by atoms with Gasteiger partial charge in [0.1, 0.15) is 18.6 Å². The average Bonchev–Trinajstić information content (AvgIpc) is 2.30. The number of carbonyl (C=O) groups excluding carboxylic acids is 1. The van der Waals surface area contributed by atoms with E-state index >= 15 is 0 Å². The highest BCUT2D eigenvalue weighted by molar-refractivity contribution is 9.10. The Labute approximate surface area is 115 Å². The van der Waals surface area contributed by atoms with Crippen LogP contribution in [0.15, 0.2) is 22.7 Å². The van der Waals surface area contributed by atoms with E-state index in [4.69, 9.17) is 4.74 Å². The lowest BCUT2D eigenvalue weighted by molar-refractivity contribution is 0.112.